The van der Waals surface area contributed by atoms with Crippen molar-refractivity contribution < 1.29 is 13.2 Å². The van der Waals surface area contributed by atoms with Crippen LogP contribution in [-0.2, 0) is 12.6 Å². The summed E-state index contributed by atoms with van der Waals surface area (Å²) in [5.41, 5.74) is 0.373. The Morgan fingerprint density at radius 3 is 2.44 bits per heavy atom. The minimum atomic E-state index is -4.27. The van der Waals surface area contributed by atoms with Gasteiger partial charge in [-0.2, -0.15) is 13.2 Å². The summed E-state index contributed by atoms with van der Waals surface area (Å²) in [6.45, 7) is 2.01. The van der Waals surface area contributed by atoms with Gasteiger partial charge in [-0.15, -0.1) is 0 Å². The van der Waals surface area contributed by atoms with Gasteiger partial charge in [0, 0.05) is 4.47 Å². The molecule has 2 rings (SSSR count). The van der Waals surface area contributed by atoms with E-state index in [9.17, 15) is 13.2 Å². The van der Waals surface area contributed by atoms with Crippen LogP contribution in [0.4, 0.5) is 13.2 Å². The molecule has 1 saturated heterocycles. The molecule has 1 nitrogen and oxygen atoms in total. The first kappa shape index (κ1) is 13.9. The smallest absolute Gasteiger partial charge is 0.317 e. The first-order chi connectivity index (χ1) is 8.47. The normalized spacial score (nSPS) is 18.0. The van der Waals surface area contributed by atoms with Crippen molar-refractivity contribution in [3.05, 3.63) is 33.8 Å². The summed E-state index contributed by atoms with van der Waals surface area (Å²) in [5, 5.41) is 3.28. The first-order valence-electron chi connectivity index (χ1n) is 6.03. The highest BCUT2D eigenvalue weighted by molar-refractivity contribution is 9.10. The molecule has 1 aliphatic rings. The summed E-state index contributed by atoms with van der Waals surface area (Å²) in [6, 6.07) is 3.94. The molecule has 1 aromatic carbocycles. The summed E-state index contributed by atoms with van der Waals surface area (Å²) < 4.78 is 38.2. The average Bonchev–Trinajstić information content (AvgIpc) is 2.32. The maximum absolute atomic E-state index is 12.5. The van der Waals surface area contributed by atoms with Crippen LogP contribution in [0.3, 0.4) is 0 Å². The fourth-order valence-corrected chi connectivity index (χ4v) is 2.83. The molecular formula is C13H15BrF3N. The van der Waals surface area contributed by atoms with Crippen molar-refractivity contribution in [2.75, 3.05) is 13.1 Å². The molecule has 0 radical (unpaired) electrons. The molecule has 0 aromatic heterocycles. The van der Waals surface area contributed by atoms with Crippen LogP contribution in [0, 0.1) is 5.92 Å². The third-order valence-corrected chi connectivity index (χ3v) is 4.09. The lowest BCUT2D eigenvalue weighted by Gasteiger charge is -2.23. The summed E-state index contributed by atoms with van der Waals surface area (Å²) in [7, 11) is 0. The highest BCUT2D eigenvalue weighted by Gasteiger charge is 2.30. The zero-order valence-electron chi connectivity index (χ0n) is 9.86. The second kappa shape index (κ2) is 5.61. The molecule has 1 aromatic rings. The predicted octanol–water partition coefficient (Wildman–Crippen LogP) is 4.01. The van der Waals surface area contributed by atoms with E-state index in [1.54, 1.807) is 6.07 Å². The Kier molecular flexibility index (Phi) is 4.33. The second-order valence-electron chi connectivity index (χ2n) is 4.70. The van der Waals surface area contributed by atoms with Crippen LogP contribution in [0.5, 0.6) is 0 Å². The van der Waals surface area contributed by atoms with Gasteiger partial charge < -0.3 is 5.32 Å². The Hall–Kier alpha value is -0.550. The topological polar surface area (TPSA) is 12.0 Å². The molecule has 0 saturated carbocycles. The minimum absolute atomic E-state index is 0.566. The molecule has 0 aliphatic carbocycles. The summed E-state index contributed by atoms with van der Waals surface area (Å²) in [5.74, 6) is 0.569. The molecule has 0 amide bonds. The van der Waals surface area contributed by atoms with Crippen molar-refractivity contribution in [2.45, 2.75) is 25.4 Å². The predicted molar refractivity (Wildman–Crippen MR) is 68.4 cm³/mol. The highest BCUT2D eigenvalue weighted by atomic mass is 79.9. The fraction of sp³-hybridized carbons (Fsp3) is 0.538. The number of rotatable bonds is 2. The molecule has 100 valence electrons. The quantitative estimate of drug-likeness (QED) is 0.867. The van der Waals surface area contributed by atoms with E-state index >= 15 is 0 Å². The summed E-state index contributed by atoms with van der Waals surface area (Å²) in [6.07, 6.45) is -1.24. The lowest BCUT2D eigenvalue weighted by atomic mass is 9.91. The van der Waals surface area contributed by atoms with Crippen molar-refractivity contribution >= 4 is 15.9 Å². The third kappa shape index (κ3) is 3.48. The lowest BCUT2D eigenvalue weighted by Crippen LogP contribution is -2.28. The van der Waals surface area contributed by atoms with E-state index in [2.05, 4.69) is 21.2 Å². The second-order valence-corrected chi connectivity index (χ2v) is 5.56. The summed E-state index contributed by atoms with van der Waals surface area (Å²) in [4.78, 5) is 0. The lowest BCUT2D eigenvalue weighted by molar-refractivity contribution is -0.137. The molecule has 0 bridgehead atoms. The number of hydrogen-bond acceptors (Lipinski definition) is 1. The zero-order valence-corrected chi connectivity index (χ0v) is 11.4. The van der Waals surface area contributed by atoms with Crippen molar-refractivity contribution in [1.29, 1.82) is 0 Å². The van der Waals surface area contributed by atoms with Crippen molar-refractivity contribution in [3.63, 3.8) is 0 Å². The van der Waals surface area contributed by atoms with Gasteiger partial charge in [-0.25, -0.2) is 0 Å². The zero-order chi connectivity index (χ0) is 13.2. The molecular weight excluding hydrogens is 307 g/mol. The number of halogens is 4. The number of nitrogens with one attached hydrogen (secondary N) is 1. The van der Waals surface area contributed by atoms with E-state index in [1.165, 1.54) is 12.1 Å². The first-order valence-corrected chi connectivity index (χ1v) is 6.82. The van der Waals surface area contributed by atoms with Crippen molar-refractivity contribution in [2.24, 2.45) is 5.92 Å². The Bertz CT molecular complexity index is 411. The fourth-order valence-electron chi connectivity index (χ4n) is 2.29. The van der Waals surface area contributed by atoms with Crippen LogP contribution in [0.1, 0.15) is 24.0 Å². The van der Waals surface area contributed by atoms with E-state index in [0.717, 1.165) is 37.9 Å². The molecule has 1 fully saturated rings. The van der Waals surface area contributed by atoms with Crippen molar-refractivity contribution in [3.8, 4) is 0 Å². The molecule has 1 N–H and O–H groups in total. The molecule has 1 heterocycles. The van der Waals surface area contributed by atoms with E-state index in [4.69, 9.17) is 0 Å². The van der Waals surface area contributed by atoms with Crippen LogP contribution < -0.4 is 5.32 Å². The molecule has 0 atom stereocenters. The molecule has 18 heavy (non-hydrogen) atoms. The minimum Gasteiger partial charge on any atom is -0.317 e. The maximum Gasteiger partial charge on any atom is 0.416 e. The number of hydrogen-bond donors (Lipinski definition) is 1. The number of alkyl halides is 3. The molecule has 1 aliphatic heterocycles. The Morgan fingerprint density at radius 1 is 1.22 bits per heavy atom. The van der Waals surface area contributed by atoms with Gasteiger partial charge in [-0.1, -0.05) is 22.0 Å². The van der Waals surface area contributed by atoms with Gasteiger partial charge in [-0.05, 0) is 56.0 Å². The SMILES string of the molecule is FC(F)(F)c1ccc(CC2CCNCC2)c(Br)c1. The van der Waals surface area contributed by atoms with Gasteiger partial charge in [-0.3, -0.25) is 0 Å². The maximum atomic E-state index is 12.5. The Balaban J connectivity index is 2.09. The van der Waals surface area contributed by atoms with E-state index in [0.29, 0.717) is 10.4 Å². The molecule has 0 unspecified atom stereocenters. The van der Waals surface area contributed by atoms with Crippen molar-refractivity contribution in [1.82, 2.24) is 5.32 Å². The molecule has 0 spiro atoms. The highest BCUT2D eigenvalue weighted by Crippen LogP contribution is 2.33. The van der Waals surface area contributed by atoms with Gasteiger partial charge >= 0.3 is 6.18 Å². The van der Waals surface area contributed by atoms with Crippen LogP contribution in [0.15, 0.2) is 22.7 Å². The van der Waals surface area contributed by atoms with E-state index < -0.39 is 11.7 Å². The third-order valence-electron chi connectivity index (χ3n) is 3.35. The van der Waals surface area contributed by atoms with Crippen LogP contribution in [0.25, 0.3) is 0 Å². The monoisotopic (exact) mass is 321 g/mol. The van der Waals surface area contributed by atoms with Crippen LogP contribution in [0.2, 0.25) is 0 Å². The number of benzene rings is 1. The standard InChI is InChI=1S/C13H15BrF3N/c14-12-8-11(13(15,16)17)2-1-10(12)7-9-3-5-18-6-4-9/h1-2,8-9,18H,3-7H2. The largest absolute Gasteiger partial charge is 0.416 e. The summed E-state index contributed by atoms with van der Waals surface area (Å²) >= 11 is 3.25. The van der Waals surface area contributed by atoms with Gasteiger partial charge in [0.1, 0.15) is 0 Å². The van der Waals surface area contributed by atoms with Crippen LogP contribution >= 0.6 is 15.9 Å². The van der Waals surface area contributed by atoms with Gasteiger partial charge in [0.15, 0.2) is 0 Å². The van der Waals surface area contributed by atoms with Gasteiger partial charge in [0.05, 0.1) is 5.56 Å². The Morgan fingerprint density at radius 2 is 1.89 bits per heavy atom. The van der Waals surface area contributed by atoms with E-state index in [-0.39, 0.29) is 0 Å². The van der Waals surface area contributed by atoms with Crippen LogP contribution in [-0.4, -0.2) is 13.1 Å². The van der Waals surface area contributed by atoms with Gasteiger partial charge in [0.25, 0.3) is 0 Å². The Labute approximate surface area is 113 Å². The molecule has 5 heteroatoms. The average molecular weight is 322 g/mol. The van der Waals surface area contributed by atoms with E-state index in [1.807, 2.05) is 0 Å². The number of piperidine rings is 1. The van der Waals surface area contributed by atoms with Gasteiger partial charge in [0.2, 0.25) is 0 Å².